The molecule has 13 heteroatoms. The quantitative estimate of drug-likeness (QED) is 0.433. The first-order valence-electron chi connectivity index (χ1n) is 8.92. The van der Waals surface area contributed by atoms with Crippen LogP contribution in [-0.2, 0) is 14.2 Å². The minimum Gasteiger partial charge on any atom is -0.493 e. The lowest BCUT2D eigenvalue weighted by Gasteiger charge is -2.27. The molecule has 0 aromatic carbocycles. The molecular formula is C17H24F3N3O6S. The van der Waals surface area contributed by atoms with Crippen LogP contribution in [0.3, 0.4) is 0 Å². The average Bonchev–Trinajstić information content (AvgIpc) is 3.08. The Hall–Kier alpha value is -2.54. The number of carbonyl (C=O) groups is 2. The molecule has 0 aliphatic carbocycles. The van der Waals surface area contributed by atoms with Gasteiger partial charge in [0.1, 0.15) is 5.69 Å². The number of H-pyrrole nitrogens is 1. The first kappa shape index (κ1) is 25.5. The Labute approximate surface area is 176 Å². The molecule has 1 aromatic rings. The number of esters is 1. The minimum atomic E-state index is -4.55. The zero-order valence-corrected chi connectivity index (χ0v) is 17.7. The van der Waals surface area contributed by atoms with Gasteiger partial charge in [-0.3, -0.25) is 5.32 Å². The van der Waals surface area contributed by atoms with Crippen LogP contribution in [0.4, 0.5) is 23.7 Å². The lowest BCUT2D eigenvalue weighted by Crippen LogP contribution is -2.45. The highest BCUT2D eigenvalue weighted by atomic mass is 32.1. The molecule has 9 nitrogen and oxygen atoms in total. The van der Waals surface area contributed by atoms with Crippen LogP contribution in [0.15, 0.2) is 6.20 Å². The summed E-state index contributed by atoms with van der Waals surface area (Å²) >= 11 is 5.20. The molecule has 1 atom stereocenters. The van der Waals surface area contributed by atoms with Crippen LogP contribution in [0.5, 0.6) is 5.75 Å². The Kier molecular flexibility index (Phi) is 9.85. The molecule has 1 heterocycles. The zero-order chi connectivity index (χ0) is 22.9. The van der Waals surface area contributed by atoms with Gasteiger partial charge in [-0.25, -0.2) is 9.59 Å². The minimum absolute atomic E-state index is 0.0643. The normalized spacial score (nSPS) is 12.1. The van der Waals surface area contributed by atoms with Gasteiger partial charge in [-0.05, 0) is 33.0 Å². The van der Waals surface area contributed by atoms with Crippen molar-refractivity contribution in [1.82, 2.24) is 10.3 Å². The molecule has 170 valence electrons. The van der Waals surface area contributed by atoms with Gasteiger partial charge in [0, 0.05) is 12.7 Å². The lowest BCUT2D eigenvalue weighted by molar-refractivity contribution is -0.213. The number of carbonyl (C=O) groups excluding carboxylic acids is 2. The Morgan fingerprint density at radius 3 is 2.43 bits per heavy atom. The number of alkyl halides is 3. The number of nitrogens with zero attached hydrogens (tertiary/aromatic N) is 1. The van der Waals surface area contributed by atoms with E-state index in [2.05, 4.69) is 10.3 Å². The van der Waals surface area contributed by atoms with Gasteiger partial charge in [0.25, 0.3) is 0 Å². The van der Waals surface area contributed by atoms with Crippen molar-refractivity contribution in [3.8, 4) is 5.75 Å². The Balaban J connectivity index is 3.20. The molecule has 0 saturated carbocycles. The number of methoxy groups -OCH3 is 1. The number of rotatable bonds is 9. The van der Waals surface area contributed by atoms with Gasteiger partial charge < -0.3 is 28.8 Å². The van der Waals surface area contributed by atoms with Crippen LogP contribution in [0.2, 0.25) is 0 Å². The van der Waals surface area contributed by atoms with Gasteiger partial charge >= 0.3 is 18.2 Å². The standard InChI is InChI=1S/C17H24F3N3O6S/c1-5-27-14(24)12-13(11(26-4)9-21-12)23(15(30)22-16(25)28-6-2)7-8-29-10(3)17(18,19)20/h9-10,21H,5-8H2,1-4H3,(H,22,25,30). The second-order valence-electron chi connectivity index (χ2n) is 5.66. The molecule has 2 N–H and O–H groups in total. The fourth-order valence-electron chi connectivity index (χ4n) is 2.23. The van der Waals surface area contributed by atoms with E-state index in [0.29, 0.717) is 0 Å². The molecular weight excluding hydrogens is 431 g/mol. The van der Waals surface area contributed by atoms with E-state index in [1.807, 2.05) is 0 Å². The van der Waals surface area contributed by atoms with Gasteiger partial charge in [-0.2, -0.15) is 13.2 Å². The van der Waals surface area contributed by atoms with E-state index in [9.17, 15) is 22.8 Å². The summed E-state index contributed by atoms with van der Waals surface area (Å²) < 4.78 is 57.9. The monoisotopic (exact) mass is 455 g/mol. The second-order valence-corrected chi connectivity index (χ2v) is 6.04. The maximum absolute atomic E-state index is 12.7. The van der Waals surface area contributed by atoms with E-state index < -0.39 is 30.9 Å². The molecule has 1 amide bonds. The smallest absolute Gasteiger partial charge is 0.414 e. The molecule has 1 unspecified atom stereocenters. The van der Waals surface area contributed by atoms with Gasteiger partial charge in [0.05, 0.1) is 26.9 Å². The molecule has 0 spiro atoms. The van der Waals surface area contributed by atoms with Crippen LogP contribution in [-0.4, -0.2) is 67.9 Å². The van der Waals surface area contributed by atoms with Gasteiger partial charge in [-0.1, -0.05) is 0 Å². The predicted molar refractivity (Wildman–Crippen MR) is 105 cm³/mol. The first-order chi connectivity index (χ1) is 14.1. The zero-order valence-electron chi connectivity index (χ0n) is 16.9. The molecule has 1 aromatic heterocycles. The van der Waals surface area contributed by atoms with E-state index in [1.165, 1.54) is 18.2 Å². The third-order valence-corrected chi connectivity index (χ3v) is 3.98. The summed E-state index contributed by atoms with van der Waals surface area (Å²) in [6.07, 6.45) is -6.09. The van der Waals surface area contributed by atoms with Crippen LogP contribution in [0.25, 0.3) is 0 Å². The molecule has 0 aliphatic heterocycles. The van der Waals surface area contributed by atoms with E-state index in [0.717, 1.165) is 6.92 Å². The number of hydrogen-bond donors (Lipinski definition) is 2. The number of aromatic amines is 1. The number of hydrogen-bond acceptors (Lipinski definition) is 7. The first-order valence-corrected chi connectivity index (χ1v) is 9.33. The third-order valence-electron chi connectivity index (χ3n) is 3.66. The van der Waals surface area contributed by atoms with Crippen molar-refractivity contribution >= 4 is 35.1 Å². The number of amides is 1. The Morgan fingerprint density at radius 1 is 1.27 bits per heavy atom. The average molecular weight is 455 g/mol. The van der Waals surface area contributed by atoms with Crippen LogP contribution >= 0.6 is 12.2 Å². The van der Waals surface area contributed by atoms with E-state index in [-0.39, 0.29) is 42.0 Å². The molecule has 30 heavy (non-hydrogen) atoms. The SMILES string of the molecule is CCOC(=O)NC(=S)N(CCOC(C)C(F)(F)F)c1c(OC)c[nH]c1C(=O)OCC. The highest BCUT2D eigenvalue weighted by Crippen LogP contribution is 2.33. The summed E-state index contributed by atoms with van der Waals surface area (Å²) in [5, 5.41) is 2.05. The number of thiocarbonyl (C=S) groups is 1. The number of alkyl carbamates (subject to hydrolysis) is 1. The van der Waals surface area contributed by atoms with Gasteiger partial charge in [0.2, 0.25) is 0 Å². The lowest BCUT2D eigenvalue weighted by atomic mass is 10.3. The van der Waals surface area contributed by atoms with Crippen molar-refractivity contribution in [1.29, 1.82) is 0 Å². The molecule has 0 bridgehead atoms. The van der Waals surface area contributed by atoms with Crippen molar-refractivity contribution in [2.24, 2.45) is 0 Å². The van der Waals surface area contributed by atoms with Crippen molar-refractivity contribution in [2.45, 2.75) is 33.1 Å². The van der Waals surface area contributed by atoms with Crippen molar-refractivity contribution in [2.75, 3.05) is 38.4 Å². The largest absolute Gasteiger partial charge is 0.493 e. The second kappa shape index (κ2) is 11.6. The maximum atomic E-state index is 12.7. The number of ether oxygens (including phenoxy) is 4. The maximum Gasteiger partial charge on any atom is 0.414 e. The number of nitrogens with one attached hydrogen (secondary N) is 2. The third kappa shape index (κ3) is 7.06. The number of anilines is 1. The predicted octanol–water partition coefficient (Wildman–Crippen LogP) is 3.00. The summed E-state index contributed by atoms with van der Waals surface area (Å²) in [7, 11) is 1.32. The van der Waals surface area contributed by atoms with Crippen LogP contribution < -0.4 is 15.0 Å². The van der Waals surface area contributed by atoms with Crippen LogP contribution in [0, 0.1) is 0 Å². The highest BCUT2D eigenvalue weighted by Gasteiger charge is 2.37. The number of aromatic nitrogens is 1. The summed E-state index contributed by atoms with van der Waals surface area (Å²) in [6, 6.07) is 0. The van der Waals surface area contributed by atoms with Crippen LogP contribution in [0.1, 0.15) is 31.3 Å². The highest BCUT2D eigenvalue weighted by molar-refractivity contribution is 7.80. The Bertz CT molecular complexity index is 741. The van der Waals surface area contributed by atoms with Gasteiger partial charge in [0.15, 0.2) is 22.7 Å². The molecule has 0 fully saturated rings. The molecule has 1 rings (SSSR count). The molecule has 0 aliphatic rings. The van der Waals surface area contributed by atoms with Crippen molar-refractivity contribution < 1.29 is 41.7 Å². The van der Waals surface area contributed by atoms with E-state index in [4.69, 9.17) is 31.2 Å². The summed E-state index contributed by atoms with van der Waals surface area (Å²) in [5.41, 5.74) is 0.00610. The summed E-state index contributed by atoms with van der Waals surface area (Å²) in [6.45, 7) is 3.53. The Morgan fingerprint density at radius 2 is 1.90 bits per heavy atom. The fraction of sp³-hybridized carbons (Fsp3) is 0.588. The van der Waals surface area contributed by atoms with E-state index >= 15 is 0 Å². The number of halogens is 3. The van der Waals surface area contributed by atoms with Crippen molar-refractivity contribution in [3.05, 3.63) is 11.9 Å². The van der Waals surface area contributed by atoms with Gasteiger partial charge in [-0.15, -0.1) is 0 Å². The molecule has 0 saturated heterocycles. The topological polar surface area (TPSA) is 102 Å². The summed E-state index contributed by atoms with van der Waals surface area (Å²) in [5.74, 6) is -0.598. The van der Waals surface area contributed by atoms with E-state index in [1.54, 1.807) is 13.8 Å². The van der Waals surface area contributed by atoms with Crippen molar-refractivity contribution in [3.63, 3.8) is 0 Å². The molecule has 0 radical (unpaired) electrons. The summed E-state index contributed by atoms with van der Waals surface area (Å²) in [4.78, 5) is 27.9. The fourth-order valence-corrected chi connectivity index (χ4v) is 2.50.